The van der Waals surface area contributed by atoms with Crippen LogP contribution in [0.3, 0.4) is 0 Å². The van der Waals surface area contributed by atoms with Crippen molar-refractivity contribution in [3.05, 3.63) is 82.9 Å². The second-order valence-electron chi connectivity index (χ2n) is 9.52. The van der Waals surface area contributed by atoms with E-state index in [2.05, 4.69) is 10.0 Å². The van der Waals surface area contributed by atoms with Gasteiger partial charge in [-0.1, -0.05) is 18.2 Å². The highest BCUT2D eigenvalue weighted by Gasteiger charge is 2.27. The van der Waals surface area contributed by atoms with Gasteiger partial charge in [0.15, 0.2) is 0 Å². The smallest absolute Gasteiger partial charge is 0.262 e. The Balaban J connectivity index is 1.34. The number of amides is 1. The highest BCUT2D eigenvalue weighted by molar-refractivity contribution is 7.92. The summed E-state index contributed by atoms with van der Waals surface area (Å²) in [6.45, 7) is 6.82. The zero-order chi connectivity index (χ0) is 28.2. The number of rotatable bonds is 10. The molecule has 3 aromatic rings. The highest BCUT2D eigenvalue weighted by atomic mass is 32.2. The number of ether oxygens (including phenoxy) is 1. The van der Waals surface area contributed by atoms with Gasteiger partial charge in [0.2, 0.25) is 10.0 Å². The maximum Gasteiger partial charge on any atom is 0.262 e. The van der Waals surface area contributed by atoms with Gasteiger partial charge >= 0.3 is 0 Å². The average molecular weight is 572 g/mol. The van der Waals surface area contributed by atoms with Crippen molar-refractivity contribution in [3.63, 3.8) is 0 Å². The standard InChI is InChI=1S/C28H33N3O6S2/c1-20-7-6-8-26(22(20)3)30-38(33,34)27-19-23(10-9-21(27)2)28(32)29-15-18-37-24-11-13-25(14-12-24)39(35,36)31-16-4-5-17-31/h6-14,19,30H,4-5,15-18H2,1-3H3,(H,29,32). The lowest BCUT2D eigenvalue weighted by Gasteiger charge is -2.16. The molecule has 39 heavy (non-hydrogen) atoms. The molecule has 0 spiro atoms. The van der Waals surface area contributed by atoms with Gasteiger partial charge in [0.05, 0.1) is 22.0 Å². The lowest BCUT2D eigenvalue weighted by molar-refractivity contribution is 0.0946. The molecule has 1 fully saturated rings. The van der Waals surface area contributed by atoms with Gasteiger partial charge in [0.1, 0.15) is 12.4 Å². The van der Waals surface area contributed by atoms with Crippen LogP contribution in [0.4, 0.5) is 5.69 Å². The summed E-state index contributed by atoms with van der Waals surface area (Å²) in [6.07, 6.45) is 1.74. The molecule has 0 atom stereocenters. The van der Waals surface area contributed by atoms with Gasteiger partial charge in [-0.15, -0.1) is 0 Å². The Labute approximate surface area is 230 Å². The summed E-state index contributed by atoms with van der Waals surface area (Å²) in [6, 6.07) is 16.1. The van der Waals surface area contributed by atoms with Gasteiger partial charge in [-0.05, 0) is 92.8 Å². The minimum Gasteiger partial charge on any atom is -0.492 e. The molecule has 9 nitrogen and oxygen atoms in total. The van der Waals surface area contributed by atoms with Crippen LogP contribution in [0.2, 0.25) is 0 Å². The number of nitrogens with zero attached hydrogens (tertiary/aromatic N) is 1. The lowest BCUT2D eigenvalue weighted by Crippen LogP contribution is -2.28. The van der Waals surface area contributed by atoms with Gasteiger partial charge in [-0.2, -0.15) is 4.31 Å². The van der Waals surface area contributed by atoms with Crippen LogP contribution in [-0.4, -0.2) is 53.3 Å². The molecule has 1 heterocycles. The fraction of sp³-hybridized carbons (Fsp3) is 0.321. The van der Waals surface area contributed by atoms with Crippen molar-refractivity contribution in [3.8, 4) is 5.75 Å². The van der Waals surface area contributed by atoms with Crippen LogP contribution in [0.25, 0.3) is 0 Å². The molecule has 0 radical (unpaired) electrons. The number of hydrogen-bond acceptors (Lipinski definition) is 6. The summed E-state index contributed by atoms with van der Waals surface area (Å²) in [5, 5.41) is 2.72. The van der Waals surface area contributed by atoms with Crippen molar-refractivity contribution in [2.45, 2.75) is 43.4 Å². The Hall–Kier alpha value is -3.41. The van der Waals surface area contributed by atoms with Crippen molar-refractivity contribution in [2.24, 2.45) is 0 Å². The minimum atomic E-state index is -3.92. The van der Waals surface area contributed by atoms with Crippen molar-refractivity contribution < 1.29 is 26.4 Å². The summed E-state index contributed by atoms with van der Waals surface area (Å²) >= 11 is 0. The molecule has 208 valence electrons. The molecule has 4 rings (SSSR count). The third-order valence-corrected chi connectivity index (χ3v) is 10.2. The summed E-state index contributed by atoms with van der Waals surface area (Å²) < 4.78 is 61.3. The van der Waals surface area contributed by atoms with Crippen molar-refractivity contribution in [1.82, 2.24) is 9.62 Å². The van der Waals surface area contributed by atoms with Gasteiger partial charge < -0.3 is 10.1 Å². The number of carbonyl (C=O) groups excluding carboxylic acids is 1. The normalized spacial score (nSPS) is 14.2. The van der Waals surface area contributed by atoms with Gasteiger partial charge in [0, 0.05) is 18.7 Å². The number of nitrogens with one attached hydrogen (secondary N) is 2. The molecule has 11 heteroatoms. The Morgan fingerprint density at radius 3 is 2.28 bits per heavy atom. The first-order valence-electron chi connectivity index (χ1n) is 12.7. The predicted octanol–water partition coefficient (Wildman–Crippen LogP) is 4.01. The zero-order valence-corrected chi connectivity index (χ0v) is 23.9. The first-order valence-corrected chi connectivity index (χ1v) is 15.6. The molecule has 0 aromatic heterocycles. The van der Waals surface area contributed by atoms with E-state index in [1.165, 1.54) is 22.5 Å². The maximum absolute atomic E-state index is 13.1. The highest BCUT2D eigenvalue weighted by Crippen LogP contribution is 2.25. The third-order valence-electron chi connectivity index (χ3n) is 6.77. The second-order valence-corrected chi connectivity index (χ2v) is 13.1. The molecule has 2 N–H and O–H groups in total. The van der Waals surface area contributed by atoms with Crippen LogP contribution in [-0.2, 0) is 20.0 Å². The molecule has 3 aromatic carbocycles. The molecule has 1 aliphatic heterocycles. The van der Waals surface area contributed by atoms with E-state index in [0.717, 1.165) is 24.0 Å². The predicted molar refractivity (Wildman–Crippen MR) is 150 cm³/mol. The Morgan fingerprint density at radius 1 is 0.897 bits per heavy atom. The van der Waals surface area contributed by atoms with Crippen LogP contribution in [0, 0.1) is 20.8 Å². The first kappa shape index (κ1) is 28.6. The second kappa shape index (κ2) is 11.8. The molecular weight excluding hydrogens is 538 g/mol. The summed E-state index contributed by atoms with van der Waals surface area (Å²) in [5.74, 6) is 0.0414. The minimum absolute atomic E-state index is 0.0243. The maximum atomic E-state index is 13.1. The number of benzene rings is 3. The first-order chi connectivity index (χ1) is 18.5. The SMILES string of the molecule is Cc1ccc(C(=O)NCCOc2ccc(S(=O)(=O)N3CCCC3)cc2)cc1S(=O)(=O)Nc1cccc(C)c1C. The van der Waals surface area contributed by atoms with E-state index in [-0.39, 0.29) is 28.5 Å². The van der Waals surface area contributed by atoms with Crippen LogP contribution in [0.1, 0.15) is 39.9 Å². The number of aryl methyl sites for hydroxylation is 2. The zero-order valence-electron chi connectivity index (χ0n) is 22.2. The monoisotopic (exact) mass is 571 g/mol. The number of anilines is 1. The van der Waals surface area contributed by atoms with Crippen molar-refractivity contribution >= 4 is 31.6 Å². The summed E-state index contributed by atoms with van der Waals surface area (Å²) in [4.78, 5) is 13.0. The van der Waals surface area contributed by atoms with Gasteiger partial charge in [0.25, 0.3) is 15.9 Å². The molecule has 0 unspecified atom stereocenters. The van der Waals surface area contributed by atoms with Crippen LogP contribution in [0.5, 0.6) is 5.75 Å². The molecule has 1 saturated heterocycles. The van der Waals surface area contributed by atoms with E-state index in [0.29, 0.717) is 30.1 Å². The average Bonchev–Trinajstić information content (AvgIpc) is 3.46. The van der Waals surface area contributed by atoms with E-state index < -0.39 is 26.0 Å². The van der Waals surface area contributed by atoms with Crippen LogP contribution >= 0.6 is 0 Å². The van der Waals surface area contributed by atoms with Gasteiger partial charge in [-0.25, -0.2) is 16.8 Å². The number of sulfonamides is 2. The molecule has 1 amide bonds. The van der Waals surface area contributed by atoms with Crippen molar-refractivity contribution in [1.29, 1.82) is 0 Å². The number of hydrogen-bond donors (Lipinski definition) is 2. The molecule has 0 saturated carbocycles. The molecule has 0 bridgehead atoms. The topological polar surface area (TPSA) is 122 Å². The largest absolute Gasteiger partial charge is 0.492 e. The molecule has 0 aliphatic carbocycles. The lowest BCUT2D eigenvalue weighted by atomic mass is 10.1. The molecular formula is C28H33N3O6S2. The van der Waals surface area contributed by atoms with Crippen LogP contribution in [0.15, 0.2) is 70.5 Å². The summed E-state index contributed by atoms with van der Waals surface area (Å²) in [5.41, 5.74) is 3.00. The Morgan fingerprint density at radius 2 is 1.59 bits per heavy atom. The fourth-order valence-corrected chi connectivity index (χ4v) is 7.22. The van der Waals surface area contributed by atoms with Crippen molar-refractivity contribution in [2.75, 3.05) is 31.0 Å². The number of carbonyl (C=O) groups is 1. The van der Waals surface area contributed by atoms with Gasteiger partial charge in [-0.3, -0.25) is 9.52 Å². The fourth-order valence-electron chi connectivity index (χ4n) is 4.31. The van der Waals surface area contributed by atoms with E-state index >= 15 is 0 Å². The quantitative estimate of drug-likeness (QED) is 0.355. The molecule has 1 aliphatic rings. The van der Waals surface area contributed by atoms with E-state index in [9.17, 15) is 21.6 Å². The Bertz CT molecular complexity index is 1560. The third kappa shape index (κ3) is 6.60. The summed E-state index contributed by atoms with van der Waals surface area (Å²) in [7, 11) is -7.41. The van der Waals surface area contributed by atoms with E-state index in [1.807, 2.05) is 19.9 Å². The van der Waals surface area contributed by atoms with Crippen LogP contribution < -0.4 is 14.8 Å². The van der Waals surface area contributed by atoms with E-state index in [1.54, 1.807) is 43.3 Å². The van der Waals surface area contributed by atoms with E-state index in [4.69, 9.17) is 4.74 Å². The Kier molecular flexibility index (Phi) is 8.63.